The van der Waals surface area contributed by atoms with Gasteiger partial charge in [-0.3, -0.25) is 9.69 Å². The van der Waals surface area contributed by atoms with Gasteiger partial charge in [-0.2, -0.15) is 0 Å². The van der Waals surface area contributed by atoms with Crippen molar-refractivity contribution in [2.45, 2.75) is 6.92 Å². The summed E-state index contributed by atoms with van der Waals surface area (Å²) in [5.74, 6) is -0.569. The van der Waals surface area contributed by atoms with Gasteiger partial charge in [-0.05, 0) is 56.9 Å². The number of carbonyl (C=O) groups excluding carboxylic acids is 2. The van der Waals surface area contributed by atoms with E-state index in [0.717, 1.165) is 15.8 Å². The molecule has 0 aliphatic heterocycles. The molecular weight excluding hydrogens is 374 g/mol. The van der Waals surface area contributed by atoms with Crippen molar-refractivity contribution in [2.75, 3.05) is 39.2 Å². The predicted molar refractivity (Wildman–Crippen MR) is 112 cm³/mol. The smallest absolute Gasteiger partial charge is 0.337 e. The van der Waals surface area contributed by atoms with Crippen LogP contribution in [0.15, 0.2) is 42.5 Å². The fourth-order valence-corrected chi connectivity index (χ4v) is 3.86. The summed E-state index contributed by atoms with van der Waals surface area (Å²) in [4.78, 5) is 33.3. The number of hydrogen-bond donors (Lipinski definition) is 0. The summed E-state index contributed by atoms with van der Waals surface area (Å²) in [5.41, 5.74) is 2.92. The number of benzene rings is 2. The van der Waals surface area contributed by atoms with Crippen molar-refractivity contribution in [2.24, 2.45) is 0 Å². The van der Waals surface area contributed by atoms with E-state index in [2.05, 4.69) is 0 Å². The molecule has 0 saturated heterocycles. The second-order valence-corrected chi connectivity index (χ2v) is 7.76. The summed E-state index contributed by atoms with van der Waals surface area (Å²) in [5, 5.41) is 0.674. The predicted octanol–water partition coefficient (Wildman–Crippen LogP) is 3.60. The third-order valence-corrected chi connectivity index (χ3v) is 5.45. The minimum atomic E-state index is -0.426. The Morgan fingerprint density at radius 2 is 1.71 bits per heavy atom. The Balaban J connectivity index is 1.95. The highest BCUT2D eigenvalue weighted by atomic mass is 32.1. The monoisotopic (exact) mass is 397 g/mol. The maximum atomic E-state index is 13.2. The van der Waals surface area contributed by atoms with E-state index >= 15 is 0 Å². The minimum absolute atomic E-state index is 0.144. The summed E-state index contributed by atoms with van der Waals surface area (Å²) >= 11 is 1.51. The number of esters is 1. The summed E-state index contributed by atoms with van der Waals surface area (Å²) < 4.78 is 5.77. The quantitative estimate of drug-likeness (QED) is 0.595. The number of aryl methyl sites for hydroxylation is 1. The lowest BCUT2D eigenvalue weighted by molar-refractivity contribution is 0.0600. The van der Waals surface area contributed by atoms with Gasteiger partial charge in [0.1, 0.15) is 0 Å². The Kier molecular flexibility index (Phi) is 6.06. The van der Waals surface area contributed by atoms with E-state index in [1.807, 2.05) is 44.1 Å². The minimum Gasteiger partial charge on any atom is -0.465 e. The van der Waals surface area contributed by atoms with E-state index in [1.165, 1.54) is 18.4 Å². The molecule has 0 bridgehead atoms. The van der Waals surface area contributed by atoms with Crippen molar-refractivity contribution in [1.29, 1.82) is 0 Å². The molecule has 7 heteroatoms. The van der Waals surface area contributed by atoms with Crippen LogP contribution in [0.4, 0.5) is 5.13 Å². The molecule has 3 aromatic rings. The maximum absolute atomic E-state index is 13.2. The van der Waals surface area contributed by atoms with Crippen molar-refractivity contribution in [1.82, 2.24) is 9.88 Å². The third-order valence-electron chi connectivity index (χ3n) is 4.41. The average molecular weight is 398 g/mol. The number of fused-ring (bicyclic) bond motifs is 1. The Labute approximate surface area is 168 Å². The number of nitrogens with zero attached hydrogens (tertiary/aromatic N) is 3. The van der Waals surface area contributed by atoms with Gasteiger partial charge in [0.05, 0.1) is 22.9 Å². The van der Waals surface area contributed by atoms with E-state index in [0.29, 0.717) is 29.3 Å². The van der Waals surface area contributed by atoms with Crippen LogP contribution in [0.3, 0.4) is 0 Å². The molecule has 146 valence electrons. The summed E-state index contributed by atoms with van der Waals surface area (Å²) in [6.07, 6.45) is 0. The number of carbonyl (C=O) groups is 2. The molecule has 1 heterocycles. The van der Waals surface area contributed by atoms with E-state index in [-0.39, 0.29) is 5.91 Å². The number of methoxy groups -OCH3 is 1. The molecule has 0 fully saturated rings. The van der Waals surface area contributed by atoms with Crippen LogP contribution in [0, 0.1) is 6.92 Å². The Bertz CT molecular complexity index is 996. The molecule has 6 nitrogen and oxygen atoms in total. The van der Waals surface area contributed by atoms with Gasteiger partial charge < -0.3 is 9.64 Å². The first kappa shape index (κ1) is 20.0. The highest BCUT2D eigenvalue weighted by molar-refractivity contribution is 7.22. The number of hydrogen-bond acceptors (Lipinski definition) is 6. The SMILES string of the molecule is COC(=O)c1ccc(C(=O)N(CCN(C)C)c2nc3c(C)cccc3s2)cc1. The number of amides is 1. The van der Waals surface area contributed by atoms with Crippen molar-refractivity contribution in [3.63, 3.8) is 0 Å². The molecule has 0 spiro atoms. The lowest BCUT2D eigenvalue weighted by Crippen LogP contribution is -2.36. The molecule has 0 saturated carbocycles. The molecule has 1 amide bonds. The van der Waals surface area contributed by atoms with Gasteiger partial charge in [-0.15, -0.1) is 0 Å². The van der Waals surface area contributed by atoms with Crippen LogP contribution >= 0.6 is 11.3 Å². The first-order chi connectivity index (χ1) is 13.4. The zero-order valence-electron chi connectivity index (χ0n) is 16.4. The van der Waals surface area contributed by atoms with Crippen molar-refractivity contribution in [3.05, 3.63) is 59.2 Å². The number of aromatic nitrogens is 1. The van der Waals surface area contributed by atoms with Crippen molar-refractivity contribution >= 4 is 38.6 Å². The molecule has 3 rings (SSSR count). The molecule has 0 atom stereocenters. The van der Waals surface area contributed by atoms with Gasteiger partial charge in [0.15, 0.2) is 5.13 Å². The number of likely N-dealkylation sites (N-methyl/N-ethyl adjacent to an activating group) is 1. The lowest BCUT2D eigenvalue weighted by Gasteiger charge is -2.22. The maximum Gasteiger partial charge on any atom is 0.337 e. The van der Waals surface area contributed by atoms with E-state index < -0.39 is 5.97 Å². The van der Waals surface area contributed by atoms with Crippen LogP contribution < -0.4 is 4.90 Å². The van der Waals surface area contributed by atoms with Crippen molar-refractivity contribution < 1.29 is 14.3 Å². The molecule has 1 aromatic heterocycles. The molecule has 28 heavy (non-hydrogen) atoms. The topological polar surface area (TPSA) is 62.7 Å². The van der Waals surface area contributed by atoms with E-state index in [1.54, 1.807) is 29.2 Å². The first-order valence-electron chi connectivity index (χ1n) is 8.92. The number of anilines is 1. The van der Waals surface area contributed by atoms with Crippen LogP contribution in [0.2, 0.25) is 0 Å². The zero-order chi connectivity index (χ0) is 20.3. The highest BCUT2D eigenvalue weighted by Crippen LogP contribution is 2.31. The number of rotatable bonds is 6. The van der Waals surface area contributed by atoms with E-state index in [4.69, 9.17) is 9.72 Å². The molecule has 0 aliphatic carbocycles. The largest absolute Gasteiger partial charge is 0.465 e. The Morgan fingerprint density at radius 1 is 1.04 bits per heavy atom. The van der Waals surface area contributed by atoms with Crippen LogP contribution in [0.1, 0.15) is 26.3 Å². The number of ether oxygens (including phenoxy) is 1. The number of para-hydroxylation sites is 1. The number of thiazole rings is 1. The van der Waals surface area contributed by atoms with E-state index in [9.17, 15) is 9.59 Å². The molecule has 0 aliphatic rings. The molecule has 2 aromatic carbocycles. The van der Waals surface area contributed by atoms with Crippen LogP contribution in [-0.4, -0.2) is 56.1 Å². The average Bonchev–Trinajstić information content (AvgIpc) is 3.12. The Hall–Kier alpha value is -2.77. The van der Waals surface area contributed by atoms with Crippen LogP contribution in [-0.2, 0) is 4.74 Å². The standard InChI is InChI=1S/C21H23N3O3S/c1-14-6-5-7-17-18(14)22-21(28-17)24(13-12-23(2)3)19(25)15-8-10-16(11-9-15)20(26)27-4/h5-11H,12-13H2,1-4H3. The second-order valence-electron chi connectivity index (χ2n) is 6.75. The summed E-state index contributed by atoms with van der Waals surface area (Å²) in [7, 11) is 5.27. The lowest BCUT2D eigenvalue weighted by atomic mass is 10.1. The highest BCUT2D eigenvalue weighted by Gasteiger charge is 2.22. The summed E-state index contributed by atoms with van der Waals surface area (Å²) in [6.45, 7) is 3.24. The van der Waals surface area contributed by atoms with Gasteiger partial charge in [0, 0.05) is 18.7 Å². The molecule has 0 radical (unpaired) electrons. The van der Waals surface area contributed by atoms with Crippen LogP contribution in [0.5, 0.6) is 0 Å². The fraction of sp³-hybridized carbons (Fsp3) is 0.286. The molecule has 0 N–H and O–H groups in total. The normalized spacial score (nSPS) is 11.0. The van der Waals surface area contributed by atoms with Gasteiger partial charge >= 0.3 is 5.97 Å². The second kappa shape index (κ2) is 8.50. The molecular formula is C21H23N3O3S. The van der Waals surface area contributed by atoms with Gasteiger partial charge in [0.2, 0.25) is 0 Å². The van der Waals surface area contributed by atoms with Crippen molar-refractivity contribution in [3.8, 4) is 0 Å². The summed E-state index contributed by atoms with van der Waals surface area (Å²) in [6, 6.07) is 12.5. The molecule has 0 unspecified atom stereocenters. The fourth-order valence-electron chi connectivity index (χ4n) is 2.80. The zero-order valence-corrected chi connectivity index (χ0v) is 17.2. The van der Waals surface area contributed by atoms with Gasteiger partial charge in [-0.1, -0.05) is 23.5 Å². The van der Waals surface area contributed by atoms with Crippen LogP contribution in [0.25, 0.3) is 10.2 Å². The third kappa shape index (κ3) is 4.21. The van der Waals surface area contributed by atoms with Gasteiger partial charge in [0.25, 0.3) is 5.91 Å². The van der Waals surface area contributed by atoms with Gasteiger partial charge in [-0.25, -0.2) is 9.78 Å². The first-order valence-corrected chi connectivity index (χ1v) is 9.73. The Morgan fingerprint density at radius 3 is 2.32 bits per heavy atom.